The standard InChI is InChI=1S/C11H19N3/c1-11(2,3)12-7-10-13-8-5-4-6-9(8)14-10/h12H,4-7H2,1-3H3,(H,13,14). The first kappa shape index (κ1) is 9.71. The van der Waals surface area contributed by atoms with Crippen molar-refractivity contribution in [1.29, 1.82) is 0 Å². The van der Waals surface area contributed by atoms with Crippen LogP contribution in [0.15, 0.2) is 0 Å². The molecule has 0 unspecified atom stereocenters. The number of nitrogens with one attached hydrogen (secondary N) is 2. The van der Waals surface area contributed by atoms with Gasteiger partial charge in [0.05, 0.1) is 12.2 Å². The smallest absolute Gasteiger partial charge is 0.120 e. The average Bonchev–Trinajstić information content (AvgIpc) is 2.56. The molecule has 2 rings (SSSR count). The van der Waals surface area contributed by atoms with E-state index in [1.165, 1.54) is 24.2 Å². The minimum absolute atomic E-state index is 0.164. The number of nitrogens with zero attached hydrogens (tertiary/aromatic N) is 1. The zero-order valence-electron chi connectivity index (χ0n) is 9.28. The summed E-state index contributed by atoms with van der Waals surface area (Å²) in [7, 11) is 0. The molecule has 3 nitrogen and oxygen atoms in total. The third kappa shape index (κ3) is 2.15. The van der Waals surface area contributed by atoms with Gasteiger partial charge < -0.3 is 10.3 Å². The highest BCUT2D eigenvalue weighted by molar-refractivity contribution is 5.19. The molecule has 0 fully saturated rings. The number of hydrogen-bond acceptors (Lipinski definition) is 2. The SMILES string of the molecule is CC(C)(C)NCc1nc2c([nH]1)CCC2. The van der Waals surface area contributed by atoms with Crippen LogP contribution in [0.2, 0.25) is 0 Å². The van der Waals surface area contributed by atoms with E-state index in [2.05, 4.69) is 36.1 Å². The van der Waals surface area contributed by atoms with E-state index in [1.807, 2.05) is 0 Å². The summed E-state index contributed by atoms with van der Waals surface area (Å²) in [4.78, 5) is 7.97. The molecule has 0 radical (unpaired) electrons. The zero-order chi connectivity index (χ0) is 10.2. The molecule has 78 valence electrons. The van der Waals surface area contributed by atoms with E-state index in [1.54, 1.807) is 0 Å². The number of hydrogen-bond donors (Lipinski definition) is 2. The lowest BCUT2D eigenvalue weighted by Gasteiger charge is -2.19. The maximum Gasteiger partial charge on any atom is 0.120 e. The van der Waals surface area contributed by atoms with Gasteiger partial charge in [0.2, 0.25) is 0 Å². The van der Waals surface area contributed by atoms with E-state index in [4.69, 9.17) is 0 Å². The number of aryl methyl sites for hydroxylation is 2. The minimum Gasteiger partial charge on any atom is -0.345 e. The Labute approximate surface area is 85.3 Å². The van der Waals surface area contributed by atoms with Crippen LogP contribution in [0, 0.1) is 0 Å². The summed E-state index contributed by atoms with van der Waals surface area (Å²) in [5, 5.41) is 3.43. The fraction of sp³-hybridized carbons (Fsp3) is 0.727. The molecular formula is C11H19N3. The largest absolute Gasteiger partial charge is 0.345 e. The third-order valence-electron chi connectivity index (χ3n) is 2.54. The first-order valence-corrected chi connectivity index (χ1v) is 5.36. The van der Waals surface area contributed by atoms with Crippen molar-refractivity contribution in [2.45, 2.75) is 52.1 Å². The van der Waals surface area contributed by atoms with Crippen molar-refractivity contribution in [2.24, 2.45) is 0 Å². The summed E-state index contributed by atoms with van der Waals surface area (Å²) in [6.45, 7) is 7.35. The van der Waals surface area contributed by atoms with Gasteiger partial charge in [0.1, 0.15) is 5.82 Å². The second-order valence-electron chi connectivity index (χ2n) is 5.07. The van der Waals surface area contributed by atoms with Crippen LogP contribution in [-0.2, 0) is 19.4 Å². The molecule has 0 saturated heterocycles. The number of rotatable bonds is 2. The molecule has 0 spiro atoms. The number of imidazole rings is 1. The van der Waals surface area contributed by atoms with Gasteiger partial charge in [0, 0.05) is 11.2 Å². The summed E-state index contributed by atoms with van der Waals surface area (Å²) in [5.41, 5.74) is 2.81. The van der Waals surface area contributed by atoms with Gasteiger partial charge in [-0.2, -0.15) is 0 Å². The molecular weight excluding hydrogens is 174 g/mol. The predicted molar refractivity (Wildman–Crippen MR) is 57.2 cm³/mol. The summed E-state index contributed by atoms with van der Waals surface area (Å²) in [6.07, 6.45) is 3.60. The van der Waals surface area contributed by atoms with Crippen LogP contribution >= 0.6 is 0 Å². The van der Waals surface area contributed by atoms with Crippen molar-refractivity contribution in [3.8, 4) is 0 Å². The summed E-state index contributed by atoms with van der Waals surface area (Å²) in [5.74, 6) is 1.09. The lowest BCUT2D eigenvalue weighted by Crippen LogP contribution is -2.35. The van der Waals surface area contributed by atoms with Gasteiger partial charge in [-0.3, -0.25) is 0 Å². The summed E-state index contributed by atoms with van der Waals surface area (Å²) in [6, 6.07) is 0. The summed E-state index contributed by atoms with van der Waals surface area (Å²) >= 11 is 0. The van der Waals surface area contributed by atoms with Crippen LogP contribution in [0.1, 0.15) is 44.4 Å². The van der Waals surface area contributed by atoms with E-state index in [0.717, 1.165) is 18.8 Å². The van der Waals surface area contributed by atoms with Gasteiger partial charge in [0.25, 0.3) is 0 Å². The van der Waals surface area contributed by atoms with Gasteiger partial charge in [-0.05, 0) is 40.0 Å². The van der Waals surface area contributed by atoms with E-state index in [0.29, 0.717) is 0 Å². The van der Waals surface area contributed by atoms with Crippen LogP contribution in [0.5, 0.6) is 0 Å². The van der Waals surface area contributed by atoms with E-state index in [-0.39, 0.29) is 5.54 Å². The van der Waals surface area contributed by atoms with E-state index in [9.17, 15) is 0 Å². The molecule has 2 N–H and O–H groups in total. The molecule has 3 heteroatoms. The van der Waals surface area contributed by atoms with Crippen molar-refractivity contribution in [3.05, 3.63) is 17.2 Å². The van der Waals surface area contributed by atoms with Crippen LogP contribution < -0.4 is 5.32 Å². The van der Waals surface area contributed by atoms with Crippen LogP contribution in [0.4, 0.5) is 0 Å². The second kappa shape index (κ2) is 3.39. The van der Waals surface area contributed by atoms with E-state index < -0.39 is 0 Å². The van der Waals surface area contributed by atoms with E-state index >= 15 is 0 Å². The predicted octanol–water partition coefficient (Wildman–Crippen LogP) is 1.79. The number of aromatic nitrogens is 2. The second-order valence-corrected chi connectivity index (χ2v) is 5.07. The van der Waals surface area contributed by atoms with Gasteiger partial charge >= 0.3 is 0 Å². The first-order valence-electron chi connectivity index (χ1n) is 5.36. The van der Waals surface area contributed by atoms with Crippen LogP contribution in [-0.4, -0.2) is 15.5 Å². The molecule has 1 aliphatic carbocycles. The monoisotopic (exact) mass is 193 g/mol. The molecule has 1 aromatic heterocycles. The molecule has 1 heterocycles. The Morgan fingerprint density at radius 2 is 2.14 bits per heavy atom. The van der Waals surface area contributed by atoms with Gasteiger partial charge in [0.15, 0.2) is 0 Å². The molecule has 0 atom stereocenters. The van der Waals surface area contributed by atoms with Crippen molar-refractivity contribution < 1.29 is 0 Å². The lowest BCUT2D eigenvalue weighted by molar-refractivity contribution is 0.418. The normalized spacial score (nSPS) is 15.9. The Morgan fingerprint density at radius 1 is 1.36 bits per heavy atom. The highest BCUT2D eigenvalue weighted by Crippen LogP contribution is 2.18. The highest BCUT2D eigenvalue weighted by atomic mass is 15.0. The molecule has 1 aromatic rings. The summed E-state index contributed by atoms with van der Waals surface area (Å²) < 4.78 is 0. The molecule has 0 amide bonds. The maximum absolute atomic E-state index is 4.58. The Hall–Kier alpha value is -0.830. The lowest BCUT2D eigenvalue weighted by atomic mass is 10.1. The minimum atomic E-state index is 0.164. The molecule has 0 saturated carbocycles. The molecule has 14 heavy (non-hydrogen) atoms. The quantitative estimate of drug-likeness (QED) is 0.751. The topological polar surface area (TPSA) is 40.7 Å². The third-order valence-corrected chi connectivity index (χ3v) is 2.54. The van der Waals surface area contributed by atoms with Crippen molar-refractivity contribution in [1.82, 2.24) is 15.3 Å². The van der Waals surface area contributed by atoms with Gasteiger partial charge in [-0.25, -0.2) is 4.98 Å². The van der Waals surface area contributed by atoms with Crippen LogP contribution in [0.25, 0.3) is 0 Å². The number of H-pyrrole nitrogens is 1. The molecule has 0 bridgehead atoms. The average molecular weight is 193 g/mol. The maximum atomic E-state index is 4.58. The highest BCUT2D eigenvalue weighted by Gasteiger charge is 2.16. The molecule has 0 aromatic carbocycles. The fourth-order valence-electron chi connectivity index (χ4n) is 1.78. The number of aromatic amines is 1. The van der Waals surface area contributed by atoms with Gasteiger partial charge in [-0.15, -0.1) is 0 Å². The Balaban J connectivity index is 1.98. The van der Waals surface area contributed by atoms with Crippen molar-refractivity contribution in [2.75, 3.05) is 0 Å². The van der Waals surface area contributed by atoms with Gasteiger partial charge in [-0.1, -0.05) is 0 Å². The molecule has 1 aliphatic rings. The number of fused-ring (bicyclic) bond motifs is 1. The Bertz CT molecular complexity index is 298. The fourth-order valence-corrected chi connectivity index (χ4v) is 1.78. The van der Waals surface area contributed by atoms with Crippen LogP contribution in [0.3, 0.4) is 0 Å². The molecule has 0 aliphatic heterocycles. The Morgan fingerprint density at radius 3 is 2.79 bits per heavy atom. The van der Waals surface area contributed by atoms with Crippen molar-refractivity contribution in [3.63, 3.8) is 0 Å². The Kier molecular flexibility index (Phi) is 2.35. The first-order chi connectivity index (χ1) is 6.54. The zero-order valence-corrected chi connectivity index (χ0v) is 9.28. The van der Waals surface area contributed by atoms with Crippen molar-refractivity contribution >= 4 is 0 Å².